The highest BCUT2D eigenvalue weighted by molar-refractivity contribution is 5.74. The Kier molecular flexibility index (Phi) is 4.19. The van der Waals surface area contributed by atoms with Gasteiger partial charge in [0.25, 0.3) is 0 Å². The number of fused-ring (bicyclic) bond motifs is 2. The molecule has 0 spiro atoms. The lowest BCUT2D eigenvalue weighted by Gasteiger charge is -2.23. The van der Waals surface area contributed by atoms with Crippen molar-refractivity contribution in [2.75, 3.05) is 31.7 Å². The Morgan fingerprint density at radius 1 is 1.13 bits per heavy atom. The highest BCUT2D eigenvalue weighted by Crippen LogP contribution is 2.36. The molecular weight excluding hydrogens is 382 g/mol. The lowest BCUT2D eigenvalue weighted by atomic mass is 9.95. The first-order valence-corrected chi connectivity index (χ1v) is 10.4. The molecule has 0 saturated carbocycles. The van der Waals surface area contributed by atoms with Crippen LogP contribution in [0.4, 0.5) is 11.5 Å². The summed E-state index contributed by atoms with van der Waals surface area (Å²) < 4.78 is 12.8. The number of nitrogens with zero attached hydrogens (tertiary/aromatic N) is 4. The van der Waals surface area contributed by atoms with E-state index in [9.17, 15) is 0 Å². The second-order valence-corrected chi connectivity index (χ2v) is 7.88. The molecule has 2 aromatic heterocycles. The van der Waals surface area contributed by atoms with Crippen LogP contribution in [0.2, 0.25) is 0 Å². The minimum absolute atomic E-state index is 0.174. The summed E-state index contributed by atoms with van der Waals surface area (Å²) in [7, 11) is 0. The summed E-state index contributed by atoms with van der Waals surface area (Å²) in [5.74, 6) is 2.96. The molecule has 0 bridgehead atoms. The molecule has 6 rings (SSSR count). The van der Waals surface area contributed by atoms with Crippen LogP contribution in [-0.4, -0.2) is 47.2 Å². The molecule has 154 valence electrons. The summed E-state index contributed by atoms with van der Waals surface area (Å²) in [5.41, 5.74) is 7.00. The first-order chi connectivity index (χ1) is 14.8. The van der Waals surface area contributed by atoms with Crippen LogP contribution in [0.25, 0.3) is 5.65 Å². The van der Waals surface area contributed by atoms with Gasteiger partial charge in [-0.15, -0.1) is 0 Å². The molecule has 0 radical (unpaired) electrons. The third kappa shape index (κ3) is 3.02. The highest BCUT2D eigenvalue weighted by Gasteiger charge is 2.24. The minimum Gasteiger partial charge on any atom is -0.454 e. The van der Waals surface area contributed by atoms with Crippen LogP contribution in [0.5, 0.6) is 11.5 Å². The fourth-order valence-electron chi connectivity index (χ4n) is 4.32. The predicted octanol–water partition coefficient (Wildman–Crippen LogP) is 2.34. The third-order valence-electron chi connectivity index (χ3n) is 5.94. The summed E-state index contributed by atoms with van der Waals surface area (Å²) in [6, 6.07) is 7.98. The molecule has 0 aliphatic carbocycles. The van der Waals surface area contributed by atoms with Crippen LogP contribution in [0.1, 0.15) is 35.9 Å². The summed E-state index contributed by atoms with van der Waals surface area (Å²) in [5, 5.41) is 15.8. The van der Waals surface area contributed by atoms with Crippen molar-refractivity contribution >= 4 is 23.4 Å². The normalized spacial score (nSPS) is 22.4. The molecule has 3 aliphatic heterocycles. The number of benzene rings is 1. The van der Waals surface area contributed by atoms with E-state index >= 15 is 0 Å². The van der Waals surface area contributed by atoms with Crippen molar-refractivity contribution in [1.29, 1.82) is 0 Å². The average Bonchev–Trinajstić information content (AvgIpc) is 3.54. The van der Waals surface area contributed by atoms with Gasteiger partial charge in [0.05, 0.1) is 11.9 Å². The molecule has 3 N–H and O–H groups in total. The van der Waals surface area contributed by atoms with Crippen molar-refractivity contribution in [3.8, 4) is 11.5 Å². The average molecular weight is 405 g/mol. The molecule has 1 saturated heterocycles. The zero-order valence-corrected chi connectivity index (χ0v) is 16.5. The Bertz CT molecular complexity index is 1120. The Morgan fingerprint density at radius 2 is 2.10 bits per heavy atom. The van der Waals surface area contributed by atoms with Gasteiger partial charge in [-0.05, 0) is 31.5 Å². The number of nitrogens with one attached hydrogen (secondary N) is 3. The largest absolute Gasteiger partial charge is 0.454 e. The van der Waals surface area contributed by atoms with Crippen molar-refractivity contribution < 1.29 is 9.47 Å². The molecule has 0 amide bonds. The molecule has 9 heteroatoms. The van der Waals surface area contributed by atoms with E-state index in [0.717, 1.165) is 72.4 Å². The third-order valence-corrected chi connectivity index (χ3v) is 5.94. The van der Waals surface area contributed by atoms with Gasteiger partial charge in [-0.2, -0.15) is 14.7 Å². The lowest BCUT2D eigenvalue weighted by molar-refractivity contribution is 0.174. The molecule has 3 aromatic rings. The van der Waals surface area contributed by atoms with E-state index < -0.39 is 0 Å². The summed E-state index contributed by atoms with van der Waals surface area (Å²) in [4.78, 5) is 5.05. The van der Waals surface area contributed by atoms with Crippen LogP contribution in [0, 0.1) is 0 Å². The van der Waals surface area contributed by atoms with E-state index in [1.165, 1.54) is 0 Å². The van der Waals surface area contributed by atoms with Gasteiger partial charge < -0.3 is 25.5 Å². The molecular formula is C21H23N7O2. The van der Waals surface area contributed by atoms with E-state index in [0.29, 0.717) is 5.92 Å². The van der Waals surface area contributed by atoms with Crippen molar-refractivity contribution in [1.82, 2.24) is 25.3 Å². The van der Waals surface area contributed by atoms with Crippen molar-refractivity contribution in [3.63, 3.8) is 0 Å². The SMILES string of the molecule is C1=NNCC1c1cnn2c(Nc3ccc4c(c3)OCO4)cc(C3CCCNC3)nc12. The molecule has 2 atom stereocenters. The van der Waals surface area contributed by atoms with Crippen molar-refractivity contribution in [2.24, 2.45) is 5.10 Å². The molecule has 5 heterocycles. The number of hydrogen-bond donors (Lipinski definition) is 3. The smallest absolute Gasteiger partial charge is 0.231 e. The summed E-state index contributed by atoms with van der Waals surface area (Å²) >= 11 is 0. The quantitative estimate of drug-likeness (QED) is 0.613. The number of anilines is 2. The minimum atomic E-state index is 0.174. The molecule has 2 unspecified atom stereocenters. The summed E-state index contributed by atoms with van der Waals surface area (Å²) in [6.45, 7) is 3.05. The van der Waals surface area contributed by atoms with Gasteiger partial charge in [0, 0.05) is 54.5 Å². The van der Waals surface area contributed by atoms with E-state index in [-0.39, 0.29) is 12.7 Å². The van der Waals surface area contributed by atoms with Crippen LogP contribution < -0.4 is 25.5 Å². The van der Waals surface area contributed by atoms with Gasteiger partial charge in [0.15, 0.2) is 17.1 Å². The Labute approximate surface area is 173 Å². The Hall–Kier alpha value is -3.33. The van der Waals surface area contributed by atoms with Gasteiger partial charge in [-0.3, -0.25) is 0 Å². The van der Waals surface area contributed by atoms with Gasteiger partial charge in [0.1, 0.15) is 5.82 Å². The maximum atomic E-state index is 5.53. The number of aromatic nitrogens is 3. The first-order valence-electron chi connectivity index (χ1n) is 10.4. The van der Waals surface area contributed by atoms with Gasteiger partial charge >= 0.3 is 0 Å². The van der Waals surface area contributed by atoms with E-state index in [1.807, 2.05) is 35.1 Å². The van der Waals surface area contributed by atoms with E-state index in [2.05, 4.69) is 32.3 Å². The molecule has 1 fully saturated rings. The van der Waals surface area contributed by atoms with E-state index in [1.54, 1.807) is 0 Å². The fraction of sp³-hybridized carbons (Fsp3) is 0.381. The number of hydrazone groups is 1. The first kappa shape index (κ1) is 17.5. The zero-order chi connectivity index (χ0) is 19.9. The second-order valence-electron chi connectivity index (χ2n) is 7.88. The van der Waals surface area contributed by atoms with E-state index in [4.69, 9.17) is 14.5 Å². The fourth-order valence-corrected chi connectivity index (χ4v) is 4.32. The summed E-state index contributed by atoms with van der Waals surface area (Å²) in [6.07, 6.45) is 6.13. The van der Waals surface area contributed by atoms with Crippen molar-refractivity contribution in [2.45, 2.75) is 24.7 Å². The molecule has 3 aliphatic rings. The number of hydrogen-bond acceptors (Lipinski definition) is 8. The number of piperidine rings is 1. The highest BCUT2D eigenvalue weighted by atomic mass is 16.7. The monoisotopic (exact) mass is 405 g/mol. The van der Waals surface area contributed by atoms with Gasteiger partial charge in [-0.1, -0.05) is 0 Å². The standard InChI is InChI=1S/C21H23N7O2/c1-2-13(8-22-5-1)17-7-20(26-15-3-4-18-19(6-15)30-12-29-18)28-21(27-17)16(11-25-28)14-9-23-24-10-14/h3-4,6-7,9,11,13-14,22,24,26H,1-2,5,8,10,12H2. The molecule has 9 nitrogen and oxygen atoms in total. The maximum Gasteiger partial charge on any atom is 0.231 e. The number of rotatable bonds is 4. The zero-order valence-electron chi connectivity index (χ0n) is 16.5. The second kappa shape index (κ2) is 7.17. The van der Waals surface area contributed by atoms with Crippen LogP contribution in [-0.2, 0) is 0 Å². The predicted molar refractivity (Wildman–Crippen MR) is 113 cm³/mol. The topological polar surface area (TPSA) is 97.1 Å². The maximum absolute atomic E-state index is 5.53. The number of ether oxygens (including phenoxy) is 2. The van der Waals surface area contributed by atoms with Gasteiger partial charge in [-0.25, -0.2) is 4.98 Å². The molecule has 30 heavy (non-hydrogen) atoms. The lowest BCUT2D eigenvalue weighted by Crippen LogP contribution is -2.29. The van der Waals surface area contributed by atoms with Crippen LogP contribution in [0.15, 0.2) is 35.6 Å². The van der Waals surface area contributed by atoms with Crippen LogP contribution >= 0.6 is 0 Å². The van der Waals surface area contributed by atoms with Gasteiger partial charge in [0.2, 0.25) is 6.79 Å². The Balaban J connectivity index is 1.43. The Morgan fingerprint density at radius 3 is 2.97 bits per heavy atom. The van der Waals surface area contributed by atoms with Crippen molar-refractivity contribution in [3.05, 3.63) is 41.7 Å². The van der Waals surface area contributed by atoms with Crippen LogP contribution in [0.3, 0.4) is 0 Å². The molecule has 1 aromatic carbocycles.